The lowest BCUT2D eigenvalue weighted by molar-refractivity contribution is -0.140. The van der Waals surface area contributed by atoms with Crippen molar-refractivity contribution in [2.75, 3.05) is 0 Å². The van der Waals surface area contributed by atoms with Gasteiger partial charge in [-0.1, -0.05) is 11.6 Å². The summed E-state index contributed by atoms with van der Waals surface area (Å²) < 4.78 is 5.66. The number of carbonyl (C=O) groups is 1. The van der Waals surface area contributed by atoms with Crippen molar-refractivity contribution >= 4 is 17.6 Å². The molecular weight excluding hydrogens is 228 g/mol. The monoisotopic (exact) mass is 242 g/mol. The molecule has 16 heavy (non-hydrogen) atoms. The number of carboxylic acid groups (broad SMARTS) is 1. The number of hydrogen-bond acceptors (Lipinski definition) is 2. The second-order valence-corrected chi connectivity index (χ2v) is 4.78. The third-order valence-electron chi connectivity index (χ3n) is 2.10. The molecule has 0 heterocycles. The van der Waals surface area contributed by atoms with Gasteiger partial charge < -0.3 is 9.84 Å². The smallest absolute Gasteiger partial charge is 0.307 e. The molecule has 1 aromatic carbocycles. The lowest BCUT2D eigenvalue weighted by Crippen LogP contribution is -2.31. The fraction of sp³-hybridized carbons (Fsp3) is 0.417. The zero-order valence-electron chi connectivity index (χ0n) is 9.58. The molecule has 1 aromatic rings. The van der Waals surface area contributed by atoms with Gasteiger partial charge in [0.05, 0.1) is 6.42 Å². The fourth-order valence-corrected chi connectivity index (χ4v) is 1.65. The lowest BCUT2D eigenvalue weighted by Gasteiger charge is -2.25. The quantitative estimate of drug-likeness (QED) is 0.881. The summed E-state index contributed by atoms with van der Waals surface area (Å²) in [5.74, 6) is -0.215. The van der Waals surface area contributed by atoms with Crippen molar-refractivity contribution in [1.29, 1.82) is 0 Å². The van der Waals surface area contributed by atoms with Gasteiger partial charge in [-0.25, -0.2) is 0 Å². The Kier molecular flexibility index (Phi) is 3.81. The number of aryl methyl sites for hydroxylation is 1. The van der Waals surface area contributed by atoms with E-state index in [-0.39, 0.29) is 6.42 Å². The Morgan fingerprint density at radius 2 is 2.12 bits per heavy atom. The zero-order valence-corrected chi connectivity index (χ0v) is 10.3. The van der Waals surface area contributed by atoms with Gasteiger partial charge in [0.2, 0.25) is 0 Å². The first kappa shape index (κ1) is 12.8. The number of aliphatic carboxylic acids is 1. The van der Waals surface area contributed by atoms with Crippen molar-refractivity contribution in [1.82, 2.24) is 0 Å². The molecule has 0 spiro atoms. The predicted molar refractivity (Wildman–Crippen MR) is 63.1 cm³/mol. The van der Waals surface area contributed by atoms with Gasteiger partial charge in [0, 0.05) is 5.02 Å². The van der Waals surface area contributed by atoms with E-state index in [1.54, 1.807) is 32.0 Å². The molecule has 0 aliphatic rings. The summed E-state index contributed by atoms with van der Waals surface area (Å²) in [5, 5.41) is 9.38. The topological polar surface area (TPSA) is 46.5 Å². The molecule has 0 unspecified atom stereocenters. The highest BCUT2D eigenvalue weighted by Crippen LogP contribution is 2.26. The summed E-state index contributed by atoms with van der Waals surface area (Å²) in [6, 6.07) is 5.26. The molecule has 0 bridgehead atoms. The van der Waals surface area contributed by atoms with Gasteiger partial charge in [-0.2, -0.15) is 0 Å². The number of rotatable bonds is 4. The number of ether oxygens (including phenoxy) is 1. The summed E-state index contributed by atoms with van der Waals surface area (Å²) >= 11 is 5.82. The third kappa shape index (κ3) is 3.74. The summed E-state index contributed by atoms with van der Waals surface area (Å²) in [6.45, 7) is 5.36. The minimum Gasteiger partial charge on any atom is -0.487 e. The Hall–Kier alpha value is -1.22. The van der Waals surface area contributed by atoms with Crippen molar-refractivity contribution in [3.8, 4) is 5.75 Å². The molecule has 4 heteroatoms. The normalized spacial score (nSPS) is 11.2. The first-order chi connectivity index (χ1) is 7.30. The first-order valence-electron chi connectivity index (χ1n) is 4.97. The second-order valence-electron chi connectivity index (χ2n) is 4.34. The summed E-state index contributed by atoms with van der Waals surface area (Å²) in [5.41, 5.74) is 0.163. The van der Waals surface area contributed by atoms with Gasteiger partial charge in [-0.3, -0.25) is 4.79 Å². The van der Waals surface area contributed by atoms with Gasteiger partial charge in [0.25, 0.3) is 0 Å². The predicted octanol–water partition coefficient (Wildman–Crippen LogP) is 3.28. The van der Waals surface area contributed by atoms with Crippen LogP contribution in [0.15, 0.2) is 18.2 Å². The molecule has 1 N–H and O–H groups in total. The van der Waals surface area contributed by atoms with Crippen LogP contribution >= 0.6 is 11.6 Å². The van der Waals surface area contributed by atoms with E-state index in [1.807, 2.05) is 6.92 Å². The van der Waals surface area contributed by atoms with Crippen LogP contribution in [0, 0.1) is 6.92 Å². The molecule has 0 saturated carbocycles. The standard InChI is InChI=1S/C12H15ClO3/c1-8-6-9(13)4-5-10(8)16-12(2,3)7-11(14)15/h4-6H,7H2,1-3H3,(H,14,15). The number of carboxylic acids is 1. The van der Waals surface area contributed by atoms with Gasteiger partial charge in [-0.15, -0.1) is 0 Å². The molecule has 0 aromatic heterocycles. The third-order valence-corrected chi connectivity index (χ3v) is 2.34. The van der Waals surface area contributed by atoms with E-state index in [0.29, 0.717) is 10.8 Å². The highest BCUT2D eigenvalue weighted by Gasteiger charge is 2.24. The summed E-state index contributed by atoms with van der Waals surface area (Å²) in [6.07, 6.45) is -0.0466. The SMILES string of the molecule is Cc1cc(Cl)ccc1OC(C)(C)CC(=O)O. The Morgan fingerprint density at radius 1 is 1.50 bits per heavy atom. The molecule has 0 aliphatic carbocycles. The highest BCUT2D eigenvalue weighted by molar-refractivity contribution is 6.30. The van der Waals surface area contributed by atoms with Gasteiger partial charge in [-0.05, 0) is 44.5 Å². The first-order valence-corrected chi connectivity index (χ1v) is 5.35. The van der Waals surface area contributed by atoms with Crippen LogP contribution in [0.3, 0.4) is 0 Å². The molecule has 0 atom stereocenters. The van der Waals surface area contributed by atoms with E-state index in [9.17, 15) is 4.79 Å². The molecule has 0 aliphatic heterocycles. The van der Waals surface area contributed by atoms with Crippen LogP contribution in [0.25, 0.3) is 0 Å². The maximum absolute atomic E-state index is 10.6. The second kappa shape index (κ2) is 4.74. The molecule has 0 fully saturated rings. The molecule has 0 saturated heterocycles. The highest BCUT2D eigenvalue weighted by atomic mass is 35.5. The maximum Gasteiger partial charge on any atom is 0.307 e. The number of halogens is 1. The molecule has 0 amide bonds. The van der Waals surface area contributed by atoms with Gasteiger partial charge in [0.1, 0.15) is 11.4 Å². The summed E-state index contributed by atoms with van der Waals surface area (Å²) in [7, 11) is 0. The fourth-order valence-electron chi connectivity index (χ4n) is 1.43. The Morgan fingerprint density at radius 3 is 2.62 bits per heavy atom. The Bertz CT molecular complexity index is 399. The van der Waals surface area contributed by atoms with E-state index in [4.69, 9.17) is 21.4 Å². The van der Waals surface area contributed by atoms with E-state index in [0.717, 1.165) is 5.56 Å². The summed E-state index contributed by atoms with van der Waals surface area (Å²) in [4.78, 5) is 10.6. The maximum atomic E-state index is 10.6. The minimum absolute atomic E-state index is 0.0466. The molecule has 1 rings (SSSR count). The Labute approximate surface area is 100.0 Å². The van der Waals surface area contributed by atoms with E-state index >= 15 is 0 Å². The van der Waals surface area contributed by atoms with Crippen LogP contribution in [-0.4, -0.2) is 16.7 Å². The van der Waals surface area contributed by atoms with Crippen molar-refractivity contribution in [2.24, 2.45) is 0 Å². The molecular formula is C12H15ClO3. The average molecular weight is 243 g/mol. The van der Waals surface area contributed by atoms with Crippen molar-refractivity contribution in [2.45, 2.75) is 32.8 Å². The molecule has 3 nitrogen and oxygen atoms in total. The van der Waals surface area contributed by atoms with Crippen LogP contribution < -0.4 is 4.74 Å². The van der Waals surface area contributed by atoms with Crippen molar-refractivity contribution < 1.29 is 14.6 Å². The number of hydrogen-bond donors (Lipinski definition) is 1. The molecule has 88 valence electrons. The minimum atomic E-state index is -0.878. The lowest BCUT2D eigenvalue weighted by atomic mass is 10.1. The van der Waals surface area contributed by atoms with Crippen molar-refractivity contribution in [3.63, 3.8) is 0 Å². The van der Waals surface area contributed by atoms with Crippen LogP contribution in [0.4, 0.5) is 0 Å². The van der Waals surface area contributed by atoms with Crippen LogP contribution in [0.1, 0.15) is 25.8 Å². The molecule has 0 radical (unpaired) electrons. The largest absolute Gasteiger partial charge is 0.487 e. The van der Waals surface area contributed by atoms with E-state index in [2.05, 4.69) is 0 Å². The number of benzene rings is 1. The van der Waals surface area contributed by atoms with Crippen LogP contribution in [0.5, 0.6) is 5.75 Å². The van der Waals surface area contributed by atoms with Gasteiger partial charge >= 0.3 is 5.97 Å². The zero-order chi connectivity index (χ0) is 12.3. The van der Waals surface area contributed by atoms with Gasteiger partial charge in [0.15, 0.2) is 0 Å². The van der Waals surface area contributed by atoms with Crippen LogP contribution in [0.2, 0.25) is 5.02 Å². The van der Waals surface area contributed by atoms with E-state index < -0.39 is 11.6 Å². The van der Waals surface area contributed by atoms with Crippen LogP contribution in [-0.2, 0) is 4.79 Å². The van der Waals surface area contributed by atoms with Crippen molar-refractivity contribution in [3.05, 3.63) is 28.8 Å². The van der Waals surface area contributed by atoms with E-state index in [1.165, 1.54) is 0 Å². The Balaban J connectivity index is 2.83. The average Bonchev–Trinajstić information content (AvgIpc) is 2.07.